The molecule has 1 aliphatic rings. The molecular formula is C14H12BrN. The van der Waals surface area contributed by atoms with Crippen molar-refractivity contribution >= 4 is 5.57 Å². The highest BCUT2D eigenvalue weighted by Crippen LogP contribution is 2.23. The summed E-state index contributed by atoms with van der Waals surface area (Å²) in [5.41, 5.74) is 3.95. The molecular weight excluding hydrogens is 262 g/mol. The molecule has 0 unspecified atom stereocenters. The molecule has 1 nitrogen and oxygen atoms in total. The van der Waals surface area contributed by atoms with Gasteiger partial charge in [-0.15, -0.1) is 0 Å². The lowest BCUT2D eigenvalue weighted by Gasteiger charge is -1.99. The van der Waals surface area contributed by atoms with Crippen LogP contribution in [0.1, 0.15) is 11.3 Å². The minimum absolute atomic E-state index is 0. The smallest absolute Gasteiger partial charge is 0.213 e. The van der Waals surface area contributed by atoms with Crippen molar-refractivity contribution in [3.05, 3.63) is 72.1 Å². The maximum absolute atomic E-state index is 2.28. The van der Waals surface area contributed by atoms with Gasteiger partial charge in [0, 0.05) is 12.1 Å². The Morgan fingerprint density at radius 2 is 1.62 bits per heavy atom. The Bertz CT molecular complexity index is 517. The van der Waals surface area contributed by atoms with Gasteiger partial charge in [-0.1, -0.05) is 30.3 Å². The zero-order valence-electron chi connectivity index (χ0n) is 8.81. The molecule has 0 amide bonds. The summed E-state index contributed by atoms with van der Waals surface area (Å²) in [5.74, 6) is 0. The second kappa shape index (κ2) is 4.62. The van der Waals surface area contributed by atoms with Crippen LogP contribution in [-0.2, 0) is 6.54 Å². The van der Waals surface area contributed by atoms with Gasteiger partial charge in [-0.3, -0.25) is 0 Å². The van der Waals surface area contributed by atoms with Gasteiger partial charge in [-0.05, 0) is 17.7 Å². The Morgan fingerprint density at radius 1 is 0.875 bits per heavy atom. The molecule has 1 aliphatic heterocycles. The lowest BCUT2D eigenvalue weighted by atomic mass is 10.0. The number of hydrogen-bond acceptors (Lipinski definition) is 0. The second-order valence-corrected chi connectivity index (χ2v) is 3.72. The summed E-state index contributed by atoms with van der Waals surface area (Å²) in [5, 5.41) is 0. The van der Waals surface area contributed by atoms with Gasteiger partial charge in [0.1, 0.15) is 0 Å². The zero-order chi connectivity index (χ0) is 10.1. The molecule has 2 heteroatoms. The minimum Gasteiger partial charge on any atom is -1.00 e. The maximum atomic E-state index is 2.28. The van der Waals surface area contributed by atoms with Crippen LogP contribution in [0.3, 0.4) is 0 Å². The van der Waals surface area contributed by atoms with Crippen LogP contribution in [0.4, 0.5) is 0 Å². The minimum atomic E-state index is 0. The van der Waals surface area contributed by atoms with Gasteiger partial charge in [0.2, 0.25) is 5.69 Å². The van der Waals surface area contributed by atoms with Crippen molar-refractivity contribution < 1.29 is 21.5 Å². The van der Waals surface area contributed by atoms with Gasteiger partial charge >= 0.3 is 0 Å². The largest absolute Gasteiger partial charge is 1.00 e. The third-order valence-electron chi connectivity index (χ3n) is 2.79. The van der Waals surface area contributed by atoms with Crippen LogP contribution in [0, 0.1) is 0 Å². The number of fused-ring (bicyclic) bond motifs is 1. The lowest BCUT2D eigenvalue weighted by Crippen LogP contribution is -3.00. The average molecular weight is 274 g/mol. The van der Waals surface area contributed by atoms with Crippen molar-refractivity contribution in [2.45, 2.75) is 6.54 Å². The predicted molar refractivity (Wildman–Crippen MR) is 60.2 cm³/mol. The Balaban J connectivity index is 0.000000963. The molecule has 0 aliphatic carbocycles. The van der Waals surface area contributed by atoms with E-state index in [0.717, 1.165) is 6.54 Å². The third kappa shape index (κ3) is 1.81. The van der Waals surface area contributed by atoms with Gasteiger partial charge in [0.25, 0.3) is 0 Å². The van der Waals surface area contributed by atoms with Crippen LogP contribution in [-0.4, -0.2) is 0 Å². The van der Waals surface area contributed by atoms with E-state index >= 15 is 0 Å². The fourth-order valence-electron chi connectivity index (χ4n) is 2.06. The van der Waals surface area contributed by atoms with E-state index in [-0.39, 0.29) is 17.0 Å². The van der Waals surface area contributed by atoms with E-state index in [2.05, 4.69) is 65.4 Å². The van der Waals surface area contributed by atoms with Crippen molar-refractivity contribution in [2.24, 2.45) is 0 Å². The summed E-state index contributed by atoms with van der Waals surface area (Å²) in [7, 11) is 0. The number of benzene rings is 1. The standard InChI is InChI=1S/C14H12N.BrH/c1-2-6-12(7-3-1)13-9-11-15-10-5-4-8-14(13)15;/h1-10H,11H2;1H/q+1;/p-1. The Morgan fingerprint density at radius 3 is 2.44 bits per heavy atom. The number of aromatic nitrogens is 1. The van der Waals surface area contributed by atoms with Gasteiger partial charge in [0.15, 0.2) is 12.7 Å². The molecule has 1 aromatic carbocycles. The molecule has 0 fully saturated rings. The van der Waals surface area contributed by atoms with E-state index in [1.165, 1.54) is 16.8 Å². The van der Waals surface area contributed by atoms with E-state index in [0.29, 0.717) is 0 Å². The number of nitrogens with zero attached hydrogens (tertiary/aromatic N) is 1. The molecule has 0 atom stereocenters. The van der Waals surface area contributed by atoms with Crippen molar-refractivity contribution in [3.8, 4) is 0 Å². The molecule has 0 N–H and O–H groups in total. The van der Waals surface area contributed by atoms with E-state index in [1.807, 2.05) is 0 Å². The van der Waals surface area contributed by atoms with Gasteiger partial charge < -0.3 is 17.0 Å². The summed E-state index contributed by atoms with van der Waals surface area (Å²) in [6.07, 6.45) is 4.41. The van der Waals surface area contributed by atoms with Gasteiger partial charge in [0.05, 0.1) is 5.57 Å². The third-order valence-corrected chi connectivity index (χ3v) is 2.79. The highest BCUT2D eigenvalue weighted by atomic mass is 79.9. The summed E-state index contributed by atoms with van der Waals surface area (Å²) in [6.45, 7) is 0.987. The first-order valence-corrected chi connectivity index (χ1v) is 5.19. The molecule has 80 valence electrons. The van der Waals surface area contributed by atoms with Crippen molar-refractivity contribution in [1.82, 2.24) is 0 Å². The van der Waals surface area contributed by atoms with Crippen LogP contribution < -0.4 is 21.5 Å². The quantitative estimate of drug-likeness (QED) is 0.613. The van der Waals surface area contributed by atoms with E-state index < -0.39 is 0 Å². The van der Waals surface area contributed by atoms with Crippen LogP contribution in [0.25, 0.3) is 5.57 Å². The van der Waals surface area contributed by atoms with Crippen LogP contribution >= 0.6 is 0 Å². The fourth-order valence-corrected chi connectivity index (χ4v) is 2.06. The predicted octanol–water partition coefficient (Wildman–Crippen LogP) is -0.577. The average Bonchev–Trinajstić information content (AvgIpc) is 2.74. The first-order valence-electron chi connectivity index (χ1n) is 5.19. The molecule has 0 bridgehead atoms. The lowest BCUT2D eigenvalue weighted by molar-refractivity contribution is -0.684. The SMILES string of the molecule is C1=C(c2ccccc2)c2cccc[n+]2C1.[Br-]. The molecule has 0 spiro atoms. The number of hydrogen-bond donors (Lipinski definition) is 0. The van der Waals surface area contributed by atoms with Crippen molar-refractivity contribution in [3.63, 3.8) is 0 Å². The van der Waals surface area contributed by atoms with Crippen LogP contribution in [0.5, 0.6) is 0 Å². The normalized spacial score (nSPS) is 12.6. The first-order chi connectivity index (χ1) is 7.45. The Labute approximate surface area is 106 Å². The first kappa shape index (κ1) is 11.1. The van der Waals surface area contributed by atoms with Gasteiger partial charge in [-0.2, -0.15) is 4.57 Å². The molecule has 1 aromatic heterocycles. The molecule has 0 saturated carbocycles. The molecule has 0 saturated heterocycles. The fraction of sp³-hybridized carbons (Fsp3) is 0.0714. The summed E-state index contributed by atoms with van der Waals surface area (Å²) in [4.78, 5) is 0. The summed E-state index contributed by atoms with van der Waals surface area (Å²) in [6, 6.07) is 16.9. The Hall–Kier alpha value is -1.41. The molecule has 2 aromatic rings. The highest BCUT2D eigenvalue weighted by Gasteiger charge is 2.21. The number of pyridine rings is 1. The number of halogens is 1. The van der Waals surface area contributed by atoms with E-state index in [9.17, 15) is 0 Å². The summed E-state index contributed by atoms with van der Waals surface area (Å²) < 4.78 is 2.27. The number of rotatable bonds is 1. The van der Waals surface area contributed by atoms with Crippen LogP contribution in [0.2, 0.25) is 0 Å². The van der Waals surface area contributed by atoms with Crippen LogP contribution in [0.15, 0.2) is 60.8 Å². The molecule has 2 heterocycles. The molecule has 3 rings (SSSR count). The topological polar surface area (TPSA) is 3.88 Å². The maximum Gasteiger partial charge on any atom is 0.213 e. The van der Waals surface area contributed by atoms with E-state index in [1.54, 1.807) is 0 Å². The van der Waals surface area contributed by atoms with Crippen molar-refractivity contribution in [1.29, 1.82) is 0 Å². The molecule has 16 heavy (non-hydrogen) atoms. The summed E-state index contributed by atoms with van der Waals surface area (Å²) >= 11 is 0. The van der Waals surface area contributed by atoms with Gasteiger partial charge in [-0.25, -0.2) is 0 Å². The van der Waals surface area contributed by atoms with Crippen molar-refractivity contribution in [2.75, 3.05) is 0 Å². The monoisotopic (exact) mass is 273 g/mol. The number of allylic oxidation sites excluding steroid dienone is 1. The zero-order valence-corrected chi connectivity index (χ0v) is 10.4. The van der Waals surface area contributed by atoms with E-state index in [4.69, 9.17) is 0 Å². The second-order valence-electron chi connectivity index (χ2n) is 3.72. The molecule has 0 radical (unpaired) electrons. The Kier molecular flexibility index (Phi) is 3.20. The highest BCUT2D eigenvalue weighted by molar-refractivity contribution is 5.77.